The van der Waals surface area contributed by atoms with Crippen LogP contribution < -0.4 is 0 Å². The highest BCUT2D eigenvalue weighted by Crippen LogP contribution is 2.41. The van der Waals surface area contributed by atoms with Crippen molar-refractivity contribution in [1.29, 1.82) is 0 Å². The third kappa shape index (κ3) is 3.87. The summed E-state index contributed by atoms with van der Waals surface area (Å²) in [6, 6.07) is 1.54. The molecule has 2 fully saturated rings. The molecule has 0 aromatic carbocycles. The van der Waals surface area contributed by atoms with Crippen LogP contribution in [0.4, 0.5) is 0 Å². The van der Waals surface area contributed by atoms with Crippen molar-refractivity contribution in [3.05, 3.63) is 23.0 Å². The number of fused-ring (bicyclic) bond motifs is 1. The van der Waals surface area contributed by atoms with E-state index in [1.54, 1.807) is 4.90 Å². The van der Waals surface area contributed by atoms with E-state index in [1.165, 1.54) is 0 Å². The first-order chi connectivity index (χ1) is 13.7. The number of aliphatic carboxylic acids is 1. The molecule has 29 heavy (non-hydrogen) atoms. The van der Waals surface area contributed by atoms with Crippen LogP contribution in [0.2, 0.25) is 0 Å². The summed E-state index contributed by atoms with van der Waals surface area (Å²) in [6.45, 7) is 8.74. The summed E-state index contributed by atoms with van der Waals surface area (Å²) in [5, 5.41) is 14.5. The van der Waals surface area contributed by atoms with Gasteiger partial charge < -0.3 is 14.5 Å². The Balaban J connectivity index is 1.79. The average molecular weight is 399 g/mol. The number of aromatic nitrogens is 2. The smallest absolute Gasteiger partial charge is 0.308 e. The molecule has 0 spiro atoms. The molecule has 156 valence electrons. The maximum Gasteiger partial charge on any atom is 0.308 e. The summed E-state index contributed by atoms with van der Waals surface area (Å²) in [5.41, 5.74) is 2.56. The Morgan fingerprint density at radius 1 is 1.28 bits per heavy atom. The number of hydrogen-bond acceptors (Lipinski definition) is 5. The number of pyridine rings is 1. The Hall–Kier alpha value is -2.44. The number of rotatable bonds is 4. The molecule has 3 heterocycles. The molecule has 2 aromatic heterocycles. The number of nitrogens with zero attached hydrogens (tertiary/aromatic N) is 3. The zero-order chi connectivity index (χ0) is 20.9. The lowest BCUT2D eigenvalue weighted by molar-refractivity contribution is -0.144. The van der Waals surface area contributed by atoms with Crippen LogP contribution >= 0.6 is 0 Å². The van der Waals surface area contributed by atoms with Crippen molar-refractivity contribution >= 4 is 23.0 Å². The standard InChI is InChI=1S/C22H29N3O4/c1-12-14(21(27)28)6-5-9-25(12)20(26)15-10-16(13-7-8-13)23-19-18(15)17(24-29-19)11-22(2,3)4/h10,12-14H,5-9,11H2,1-4H3,(H,27,28)/t12-,14-/m1/s1. The predicted molar refractivity (Wildman–Crippen MR) is 108 cm³/mol. The van der Waals surface area contributed by atoms with Crippen molar-refractivity contribution < 1.29 is 19.2 Å². The van der Waals surface area contributed by atoms with Crippen LogP contribution in [0.3, 0.4) is 0 Å². The van der Waals surface area contributed by atoms with Gasteiger partial charge in [0.1, 0.15) is 0 Å². The highest BCUT2D eigenvalue weighted by molar-refractivity contribution is 6.06. The normalized spacial score (nSPS) is 22.8. The lowest BCUT2D eigenvalue weighted by Gasteiger charge is -2.37. The van der Waals surface area contributed by atoms with E-state index in [0.717, 1.165) is 24.2 Å². The van der Waals surface area contributed by atoms with Crippen LogP contribution in [0.15, 0.2) is 10.6 Å². The third-order valence-electron chi connectivity index (χ3n) is 6.03. The van der Waals surface area contributed by atoms with E-state index in [0.29, 0.717) is 48.4 Å². The van der Waals surface area contributed by atoms with Gasteiger partial charge in [-0.3, -0.25) is 9.59 Å². The van der Waals surface area contributed by atoms with E-state index in [1.807, 2.05) is 13.0 Å². The number of carbonyl (C=O) groups excluding carboxylic acids is 1. The summed E-state index contributed by atoms with van der Waals surface area (Å²) in [5.74, 6) is -1.15. The summed E-state index contributed by atoms with van der Waals surface area (Å²) in [6.07, 6.45) is 4.09. The Labute approximate surface area is 170 Å². The molecule has 1 aliphatic heterocycles. The molecule has 2 atom stereocenters. The first-order valence-electron chi connectivity index (χ1n) is 10.5. The summed E-state index contributed by atoms with van der Waals surface area (Å²) in [7, 11) is 0. The molecule has 1 saturated heterocycles. The fourth-order valence-electron chi connectivity index (χ4n) is 4.32. The number of carboxylic acids is 1. The summed E-state index contributed by atoms with van der Waals surface area (Å²) >= 11 is 0. The van der Waals surface area contributed by atoms with Gasteiger partial charge in [0.25, 0.3) is 11.6 Å². The number of hydrogen-bond donors (Lipinski definition) is 1. The van der Waals surface area contributed by atoms with Gasteiger partial charge in [0.05, 0.1) is 22.6 Å². The molecule has 1 amide bonds. The molecule has 7 heteroatoms. The van der Waals surface area contributed by atoms with E-state index in [9.17, 15) is 14.7 Å². The van der Waals surface area contributed by atoms with Crippen molar-refractivity contribution in [1.82, 2.24) is 15.0 Å². The van der Waals surface area contributed by atoms with Gasteiger partial charge in [0, 0.05) is 24.2 Å². The van der Waals surface area contributed by atoms with Crippen molar-refractivity contribution in [3.8, 4) is 0 Å². The Morgan fingerprint density at radius 3 is 2.62 bits per heavy atom. The van der Waals surface area contributed by atoms with Crippen molar-refractivity contribution in [2.24, 2.45) is 11.3 Å². The zero-order valence-electron chi connectivity index (χ0n) is 17.6. The van der Waals surface area contributed by atoms with Gasteiger partial charge in [-0.05, 0) is 50.5 Å². The topological polar surface area (TPSA) is 96.5 Å². The Bertz CT molecular complexity index is 955. The Kier molecular flexibility index (Phi) is 4.87. The molecule has 2 aromatic rings. The van der Waals surface area contributed by atoms with E-state index in [4.69, 9.17) is 4.52 Å². The van der Waals surface area contributed by atoms with Crippen LogP contribution in [0, 0.1) is 11.3 Å². The molecule has 4 rings (SSSR count). The molecule has 0 radical (unpaired) electrons. The third-order valence-corrected chi connectivity index (χ3v) is 6.03. The monoisotopic (exact) mass is 399 g/mol. The predicted octanol–water partition coefficient (Wildman–Crippen LogP) is 4.01. The quantitative estimate of drug-likeness (QED) is 0.834. The summed E-state index contributed by atoms with van der Waals surface area (Å²) in [4.78, 5) is 31.6. The van der Waals surface area contributed by atoms with Gasteiger partial charge >= 0.3 is 5.97 Å². The molecular formula is C22H29N3O4. The minimum absolute atomic E-state index is 0.0217. The van der Waals surface area contributed by atoms with Crippen molar-refractivity contribution in [2.45, 2.75) is 71.8 Å². The average Bonchev–Trinajstić information content (AvgIpc) is 3.42. The van der Waals surface area contributed by atoms with E-state index >= 15 is 0 Å². The molecule has 2 aliphatic rings. The molecule has 0 bridgehead atoms. The maximum atomic E-state index is 13.6. The van der Waals surface area contributed by atoms with Gasteiger partial charge in [0.15, 0.2) is 0 Å². The molecule has 1 saturated carbocycles. The van der Waals surface area contributed by atoms with E-state index in [2.05, 4.69) is 30.9 Å². The number of amides is 1. The summed E-state index contributed by atoms with van der Waals surface area (Å²) < 4.78 is 5.55. The van der Waals surface area contributed by atoms with Crippen LogP contribution in [-0.2, 0) is 11.2 Å². The van der Waals surface area contributed by atoms with Gasteiger partial charge in [-0.25, -0.2) is 4.98 Å². The van der Waals surface area contributed by atoms with Crippen LogP contribution in [0.1, 0.15) is 81.0 Å². The van der Waals surface area contributed by atoms with Crippen LogP contribution in [-0.4, -0.2) is 44.6 Å². The van der Waals surface area contributed by atoms with E-state index < -0.39 is 11.9 Å². The van der Waals surface area contributed by atoms with Crippen molar-refractivity contribution in [3.63, 3.8) is 0 Å². The van der Waals surface area contributed by atoms with Gasteiger partial charge in [-0.1, -0.05) is 25.9 Å². The number of carbonyl (C=O) groups is 2. The van der Waals surface area contributed by atoms with Gasteiger partial charge in [0.2, 0.25) is 0 Å². The minimum atomic E-state index is -0.841. The molecule has 1 aliphatic carbocycles. The van der Waals surface area contributed by atoms with Crippen LogP contribution in [0.5, 0.6) is 0 Å². The molecular weight excluding hydrogens is 370 g/mol. The fourth-order valence-corrected chi connectivity index (χ4v) is 4.32. The fraction of sp³-hybridized carbons (Fsp3) is 0.636. The minimum Gasteiger partial charge on any atom is -0.481 e. The first kappa shape index (κ1) is 19.9. The first-order valence-corrected chi connectivity index (χ1v) is 10.5. The highest BCUT2D eigenvalue weighted by atomic mass is 16.5. The van der Waals surface area contributed by atoms with E-state index in [-0.39, 0.29) is 17.4 Å². The SMILES string of the molecule is C[C@@H]1[C@H](C(=O)O)CCCN1C(=O)c1cc(C2CC2)nc2onc(CC(C)(C)C)c12. The number of likely N-dealkylation sites (tertiary alicyclic amines) is 1. The number of carboxylic acid groups (broad SMARTS) is 1. The maximum absolute atomic E-state index is 13.6. The lowest BCUT2D eigenvalue weighted by Crippen LogP contribution is -2.49. The highest BCUT2D eigenvalue weighted by Gasteiger charge is 2.38. The second kappa shape index (κ2) is 7.11. The second-order valence-electron chi connectivity index (χ2n) is 9.74. The zero-order valence-corrected chi connectivity index (χ0v) is 17.6. The van der Waals surface area contributed by atoms with Crippen molar-refractivity contribution in [2.75, 3.05) is 6.54 Å². The van der Waals surface area contributed by atoms with Gasteiger partial charge in [-0.2, -0.15) is 0 Å². The Morgan fingerprint density at radius 2 is 2.00 bits per heavy atom. The lowest BCUT2D eigenvalue weighted by atomic mass is 9.88. The molecule has 1 N–H and O–H groups in total. The second-order valence-corrected chi connectivity index (χ2v) is 9.74. The molecule has 0 unspecified atom stereocenters. The van der Waals surface area contributed by atoms with Crippen LogP contribution in [0.25, 0.3) is 11.1 Å². The largest absolute Gasteiger partial charge is 0.481 e. The number of piperidine rings is 1. The molecule has 7 nitrogen and oxygen atoms in total. The van der Waals surface area contributed by atoms with Gasteiger partial charge in [-0.15, -0.1) is 0 Å².